The molecule has 70 valence electrons. The van der Waals surface area contributed by atoms with Crippen LogP contribution in [0.15, 0.2) is 0 Å². The first-order valence-corrected chi connectivity index (χ1v) is 8.16. The quantitative estimate of drug-likeness (QED) is 0.390. The van der Waals surface area contributed by atoms with Crippen molar-refractivity contribution in [1.82, 2.24) is 0 Å². The number of hydrogen-bond donors (Lipinski definition) is 0. The fraction of sp³-hybridized carbons (Fsp3) is 0.857. The molecule has 1 fully saturated rings. The fourth-order valence-electron chi connectivity index (χ4n) is 1.06. The summed E-state index contributed by atoms with van der Waals surface area (Å²) in [5.41, 5.74) is -0.0417. The molecular formula is C7H12Cl2O2Si. The van der Waals surface area contributed by atoms with E-state index in [1.165, 1.54) is 0 Å². The summed E-state index contributed by atoms with van der Waals surface area (Å²) in [5, 5.41) is 0. The topological polar surface area (TPSA) is 26.3 Å². The Balaban J connectivity index is 2.74. The van der Waals surface area contributed by atoms with Crippen LogP contribution < -0.4 is 0 Å². The number of cyclic esters (lactones) is 1. The zero-order chi connectivity index (χ0) is 9.57. The Morgan fingerprint density at radius 3 is 2.17 bits per heavy atom. The number of esters is 1. The number of halogens is 2. The number of hydrogen-bond acceptors (Lipinski definition) is 2. The molecule has 0 N–H and O–H groups in total. The maximum atomic E-state index is 11.1. The Labute approximate surface area is 83.2 Å². The van der Waals surface area contributed by atoms with Crippen molar-refractivity contribution >= 4 is 37.2 Å². The van der Waals surface area contributed by atoms with Crippen molar-refractivity contribution < 1.29 is 9.53 Å². The Hall–Kier alpha value is 0.267. The van der Waals surface area contributed by atoms with Crippen LogP contribution in [0.2, 0.25) is 19.6 Å². The van der Waals surface area contributed by atoms with E-state index in [9.17, 15) is 4.79 Å². The molecule has 0 saturated carbocycles. The van der Waals surface area contributed by atoms with Crippen molar-refractivity contribution in [2.75, 3.05) is 0 Å². The summed E-state index contributed by atoms with van der Waals surface area (Å²) in [6.07, 6.45) is 0.435. The van der Waals surface area contributed by atoms with Crippen molar-refractivity contribution in [2.45, 2.75) is 36.1 Å². The zero-order valence-electron chi connectivity index (χ0n) is 7.36. The molecule has 1 heterocycles. The van der Waals surface area contributed by atoms with Gasteiger partial charge in [0.05, 0.1) is 13.8 Å². The summed E-state index contributed by atoms with van der Waals surface area (Å²) >= 11 is 11.5. The largest absolute Gasteiger partial charge is 0.464 e. The molecule has 0 aromatic rings. The third-order valence-electron chi connectivity index (χ3n) is 1.96. The molecule has 1 rings (SSSR count). The maximum Gasteiger partial charge on any atom is 0.342 e. The van der Waals surface area contributed by atoms with Gasteiger partial charge in [0.2, 0.25) is 4.33 Å². The number of ether oxygens (including phenoxy) is 1. The second-order valence-corrected chi connectivity index (χ2v) is 11.0. The lowest BCUT2D eigenvalue weighted by Crippen LogP contribution is -2.38. The summed E-state index contributed by atoms with van der Waals surface area (Å²) in [7, 11) is -1.47. The lowest BCUT2D eigenvalue weighted by Gasteiger charge is -2.22. The van der Waals surface area contributed by atoms with Gasteiger partial charge < -0.3 is 4.74 Å². The van der Waals surface area contributed by atoms with E-state index in [2.05, 4.69) is 19.6 Å². The Kier molecular flexibility index (Phi) is 2.49. The van der Waals surface area contributed by atoms with Gasteiger partial charge in [-0.25, -0.2) is 4.79 Å². The molecule has 0 spiro atoms. The van der Waals surface area contributed by atoms with Crippen LogP contribution >= 0.6 is 23.2 Å². The van der Waals surface area contributed by atoms with E-state index in [1.807, 2.05) is 0 Å². The predicted octanol–water partition coefficient (Wildman–Crippen LogP) is 2.35. The number of carbonyl (C=O) groups excluding carboxylic acids is 1. The molecule has 0 aromatic heterocycles. The summed E-state index contributed by atoms with van der Waals surface area (Å²) < 4.78 is 3.80. The van der Waals surface area contributed by atoms with Crippen LogP contribution in [-0.2, 0) is 9.53 Å². The first-order chi connectivity index (χ1) is 5.23. The van der Waals surface area contributed by atoms with Crippen molar-refractivity contribution in [3.8, 4) is 0 Å². The van der Waals surface area contributed by atoms with Crippen LogP contribution in [0.3, 0.4) is 0 Å². The van der Waals surface area contributed by atoms with E-state index < -0.39 is 18.4 Å². The van der Waals surface area contributed by atoms with Gasteiger partial charge >= 0.3 is 5.97 Å². The van der Waals surface area contributed by atoms with Crippen LogP contribution in [0.25, 0.3) is 0 Å². The maximum absolute atomic E-state index is 11.1. The molecule has 0 aliphatic carbocycles. The van der Waals surface area contributed by atoms with Crippen LogP contribution in [-0.4, -0.2) is 24.1 Å². The number of alkyl halides is 2. The van der Waals surface area contributed by atoms with Gasteiger partial charge in [-0.1, -0.05) is 42.8 Å². The molecule has 1 unspecified atom stereocenters. The van der Waals surface area contributed by atoms with Crippen molar-refractivity contribution in [1.29, 1.82) is 0 Å². The lowest BCUT2D eigenvalue weighted by molar-refractivity contribution is -0.139. The molecule has 0 amide bonds. The van der Waals surface area contributed by atoms with Gasteiger partial charge in [0, 0.05) is 6.42 Å². The first kappa shape index (κ1) is 10.3. The van der Waals surface area contributed by atoms with Crippen LogP contribution in [0.4, 0.5) is 0 Å². The molecule has 1 saturated heterocycles. The minimum absolute atomic E-state index is 0.0417. The van der Waals surface area contributed by atoms with Gasteiger partial charge in [-0.05, 0) is 0 Å². The van der Waals surface area contributed by atoms with Gasteiger partial charge in [-0.3, -0.25) is 0 Å². The average Bonchev–Trinajstić information content (AvgIpc) is 2.06. The molecule has 1 atom stereocenters. The minimum atomic E-state index is -1.47. The SMILES string of the molecule is C[Si](C)(C)C1CC(Cl)(Cl)C(=O)O1. The molecule has 0 radical (unpaired) electrons. The minimum Gasteiger partial charge on any atom is -0.464 e. The van der Waals surface area contributed by atoms with Gasteiger partial charge in [0.1, 0.15) is 0 Å². The van der Waals surface area contributed by atoms with Crippen LogP contribution in [0.5, 0.6) is 0 Å². The van der Waals surface area contributed by atoms with Gasteiger partial charge in [0.25, 0.3) is 0 Å². The molecule has 5 heteroatoms. The van der Waals surface area contributed by atoms with Crippen LogP contribution in [0.1, 0.15) is 6.42 Å². The second-order valence-electron chi connectivity index (χ2n) is 4.17. The van der Waals surface area contributed by atoms with Gasteiger partial charge in [-0.2, -0.15) is 0 Å². The molecule has 0 aromatic carbocycles. The number of rotatable bonds is 1. The van der Waals surface area contributed by atoms with Gasteiger partial charge in [-0.15, -0.1) is 0 Å². The standard InChI is InChI=1S/C7H12Cl2O2Si/c1-12(2,3)5-4-7(8,9)6(10)11-5/h5H,4H2,1-3H3. The van der Waals surface area contributed by atoms with Crippen molar-refractivity contribution in [3.05, 3.63) is 0 Å². The van der Waals surface area contributed by atoms with E-state index in [0.29, 0.717) is 6.42 Å². The van der Waals surface area contributed by atoms with E-state index in [0.717, 1.165) is 0 Å². The molecule has 12 heavy (non-hydrogen) atoms. The molecule has 1 aliphatic heterocycles. The van der Waals surface area contributed by atoms with Crippen molar-refractivity contribution in [3.63, 3.8) is 0 Å². The van der Waals surface area contributed by atoms with E-state index in [4.69, 9.17) is 27.9 Å². The van der Waals surface area contributed by atoms with E-state index in [-0.39, 0.29) is 5.73 Å². The average molecular weight is 227 g/mol. The van der Waals surface area contributed by atoms with Gasteiger partial charge in [0.15, 0.2) is 0 Å². The van der Waals surface area contributed by atoms with E-state index in [1.54, 1.807) is 0 Å². The third kappa shape index (κ3) is 1.95. The molecule has 0 bridgehead atoms. The first-order valence-electron chi connectivity index (χ1n) is 3.82. The summed E-state index contributed by atoms with van der Waals surface area (Å²) in [4.78, 5) is 11.1. The lowest BCUT2D eigenvalue weighted by atomic mass is 10.3. The smallest absolute Gasteiger partial charge is 0.342 e. The third-order valence-corrected chi connectivity index (χ3v) is 4.83. The fourth-order valence-corrected chi connectivity index (χ4v) is 3.06. The van der Waals surface area contributed by atoms with Crippen LogP contribution in [0, 0.1) is 0 Å². The monoisotopic (exact) mass is 226 g/mol. The summed E-state index contributed by atoms with van der Waals surface area (Å²) in [5.74, 6) is -0.488. The number of carbonyl (C=O) groups is 1. The summed E-state index contributed by atoms with van der Waals surface area (Å²) in [6, 6.07) is 0. The second kappa shape index (κ2) is 2.89. The Morgan fingerprint density at radius 2 is 2.00 bits per heavy atom. The molecule has 2 nitrogen and oxygen atoms in total. The summed E-state index contributed by atoms with van der Waals surface area (Å²) in [6.45, 7) is 6.38. The molecule has 1 aliphatic rings. The highest BCUT2D eigenvalue weighted by molar-refractivity contribution is 6.78. The highest BCUT2D eigenvalue weighted by Crippen LogP contribution is 2.38. The normalized spacial score (nSPS) is 28.8. The highest BCUT2D eigenvalue weighted by Gasteiger charge is 2.50. The van der Waals surface area contributed by atoms with Crippen molar-refractivity contribution in [2.24, 2.45) is 0 Å². The van der Waals surface area contributed by atoms with E-state index >= 15 is 0 Å². The molecular weight excluding hydrogens is 215 g/mol. The Morgan fingerprint density at radius 1 is 1.50 bits per heavy atom. The Bertz CT molecular complexity index is 210. The highest BCUT2D eigenvalue weighted by atomic mass is 35.5. The predicted molar refractivity (Wildman–Crippen MR) is 52.3 cm³/mol. The zero-order valence-corrected chi connectivity index (χ0v) is 9.87.